The van der Waals surface area contributed by atoms with Gasteiger partial charge in [0, 0.05) is 35.8 Å². The lowest BCUT2D eigenvalue weighted by Crippen LogP contribution is -2.10. The van der Waals surface area contributed by atoms with Gasteiger partial charge in [-0.15, -0.1) is 10.2 Å². The van der Waals surface area contributed by atoms with E-state index in [4.69, 9.17) is 5.73 Å². The molecule has 2 aromatic heterocycles. The molecule has 25 heavy (non-hydrogen) atoms. The lowest BCUT2D eigenvalue weighted by molar-refractivity contribution is 0.100. The molecule has 1 amide bonds. The Bertz CT molecular complexity index is 846. The predicted molar refractivity (Wildman–Crippen MR) is 98.1 cm³/mol. The summed E-state index contributed by atoms with van der Waals surface area (Å²) in [6.07, 6.45) is 4.51. The minimum Gasteiger partial charge on any atom is -0.366 e. The molecule has 0 fully saturated rings. The molecule has 0 spiro atoms. The van der Waals surface area contributed by atoms with Gasteiger partial charge in [-0.1, -0.05) is 30.8 Å². The summed E-state index contributed by atoms with van der Waals surface area (Å²) in [4.78, 5) is 15.2. The third-order valence-electron chi connectivity index (χ3n) is 3.71. The number of benzene rings is 1. The number of rotatable bonds is 7. The Hall–Kier alpha value is -2.67. The molecule has 0 bridgehead atoms. The number of hydrogen-bond acceptors (Lipinski definition) is 5. The Morgan fingerprint density at radius 2 is 1.84 bits per heavy atom. The van der Waals surface area contributed by atoms with Gasteiger partial charge in [-0.25, -0.2) is 0 Å². The lowest BCUT2D eigenvalue weighted by Gasteiger charge is -2.09. The van der Waals surface area contributed by atoms with Crippen molar-refractivity contribution < 1.29 is 4.79 Å². The summed E-state index contributed by atoms with van der Waals surface area (Å²) in [6, 6.07) is 11.2. The van der Waals surface area contributed by atoms with Gasteiger partial charge in [0.1, 0.15) is 0 Å². The molecule has 128 valence electrons. The van der Waals surface area contributed by atoms with Gasteiger partial charge in [0.05, 0.1) is 0 Å². The number of primary amides is 1. The lowest BCUT2D eigenvalue weighted by atomic mass is 10.1. The molecule has 1 aromatic carbocycles. The third kappa shape index (κ3) is 4.06. The van der Waals surface area contributed by atoms with Crippen molar-refractivity contribution in [3.05, 3.63) is 59.9 Å². The molecule has 3 aromatic rings. The van der Waals surface area contributed by atoms with E-state index in [9.17, 15) is 4.79 Å². The van der Waals surface area contributed by atoms with Gasteiger partial charge in [0.15, 0.2) is 11.0 Å². The van der Waals surface area contributed by atoms with E-state index in [-0.39, 0.29) is 0 Å². The van der Waals surface area contributed by atoms with Crippen molar-refractivity contribution in [3.63, 3.8) is 0 Å². The van der Waals surface area contributed by atoms with Gasteiger partial charge >= 0.3 is 0 Å². The number of pyridine rings is 1. The smallest absolute Gasteiger partial charge is 0.248 e. The Morgan fingerprint density at radius 1 is 1.12 bits per heavy atom. The van der Waals surface area contributed by atoms with Crippen molar-refractivity contribution in [2.75, 3.05) is 0 Å². The van der Waals surface area contributed by atoms with Crippen molar-refractivity contribution in [1.29, 1.82) is 0 Å². The second-order valence-corrected chi connectivity index (χ2v) is 6.49. The summed E-state index contributed by atoms with van der Waals surface area (Å²) in [5.74, 6) is 1.19. The third-order valence-corrected chi connectivity index (χ3v) is 4.75. The van der Waals surface area contributed by atoms with Gasteiger partial charge in [-0.3, -0.25) is 9.78 Å². The van der Waals surface area contributed by atoms with E-state index in [2.05, 4.69) is 26.7 Å². The quantitative estimate of drug-likeness (QED) is 0.659. The van der Waals surface area contributed by atoms with Crippen molar-refractivity contribution >= 4 is 17.7 Å². The Morgan fingerprint density at radius 3 is 2.48 bits per heavy atom. The van der Waals surface area contributed by atoms with Crippen LogP contribution in [0.2, 0.25) is 0 Å². The molecule has 7 heteroatoms. The molecule has 0 radical (unpaired) electrons. The molecule has 2 heterocycles. The highest BCUT2D eigenvalue weighted by molar-refractivity contribution is 7.98. The molecule has 0 saturated heterocycles. The van der Waals surface area contributed by atoms with Crippen LogP contribution >= 0.6 is 11.8 Å². The van der Waals surface area contributed by atoms with Crippen LogP contribution in [0.3, 0.4) is 0 Å². The first kappa shape index (κ1) is 17.2. The fourth-order valence-electron chi connectivity index (χ4n) is 2.45. The van der Waals surface area contributed by atoms with E-state index < -0.39 is 5.91 Å². The van der Waals surface area contributed by atoms with Crippen LogP contribution in [0.4, 0.5) is 0 Å². The Labute approximate surface area is 150 Å². The second-order valence-electron chi connectivity index (χ2n) is 5.54. The molecule has 0 aliphatic rings. The Balaban J connectivity index is 1.78. The van der Waals surface area contributed by atoms with Crippen LogP contribution in [0.1, 0.15) is 29.3 Å². The van der Waals surface area contributed by atoms with E-state index in [0.29, 0.717) is 5.56 Å². The SMILES string of the molecule is CCCn1c(SCc2ccc(C(N)=O)cc2)nnc1-c1ccncc1. The monoisotopic (exact) mass is 353 g/mol. The molecule has 3 rings (SSSR count). The van der Waals surface area contributed by atoms with E-state index in [1.54, 1.807) is 36.3 Å². The molecular weight excluding hydrogens is 334 g/mol. The highest BCUT2D eigenvalue weighted by atomic mass is 32.2. The molecular formula is C18H19N5OS. The summed E-state index contributed by atoms with van der Waals surface area (Å²) in [6.45, 7) is 2.99. The molecule has 0 saturated carbocycles. The number of hydrogen-bond donors (Lipinski definition) is 1. The van der Waals surface area contributed by atoms with E-state index in [0.717, 1.165) is 40.8 Å². The number of thioether (sulfide) groups is 1. The minimum atomic E-state index is -0.413. The van der Waals surface area contributed by atoms with Crippen LogP contribution in [0.5, 0.6) is 0 Å². The highest BCUT2D eigenvalue weighted by Gasteiger charge is 2.14. The summed E-state index contributed by atoms with van der Waals surface area (Å²) >= 11 is 1.63. The van der Waals surface area contributed by atoms with Crippen LogP contribution in [0.25, 0.3) is 11.4 Å². The zero-order valence-corrected chi connectivity index (χ0v) is 14.7. The van der Waals surface area contributed by atoms with Crippen LogP contribution in [0, 0.1) is 0 Å². The van der Waals surface area contributed by atoms with Gasteiger partial charge in [-0.05, 0) is 36.2 Å². The van der Waals surface area contributed by atoms with Crippen LogP contribution in [-0.2, 0) is 12.3 Å². The van der Waals surface area contributed by atoms with Gasteiger partial charge in [0.2, 0.25) is 5.91 Å². The number of carbonyl (C=O) groups is 1. The van der Waals surface area contributed by atoms with Crippen LogP contribution in [0.15, 0.2) is 53.9 Å². The topological polar surface area (TPSA) is 86.7 Å². The van der Waals surface area contributed by atoms with Gasteiger partial charge in [0.25, 0.3) is 0 Å². The summed E-state index contributed by atoms with van der Waals surface area (Å²) in [5.41, 5.74) is 7.90. The predicted octanol–water partition coefficient (Wildman–Crippen LogP) is 3.14. The molecule has 6 nitrogen and oxygen atoms in total. The average Bonchev–Trinajstić information content (AvgIpc) is 3.04. The number of carbonyl (C=O) groups excluding carboxylic acids is 1. The Kier molecular flexibility index (Phi) is 5.45. The van der Waals surface area contributed by atoms with Crippen molar-refractivity contribution in [3.8, 4) is 11.4 Å². The van der Waals surface area contributed by atoms with E-state index >= 15 is 0 Å². The number of amides is 1. The summed E-state index contributed by atoms with van der Waals surface area (Å²) in [7, 11) is 0. The standard InChI is InChI=1S/C18H19N5OS/c1-2-11-23-17(15-7-9-20-10-8-15)21-22-18(23)25-12-13-3-5-14(6-4-13)16(19)24/h3-10H,2,11-12H2,1H3,(H2,19,24). The first-order valence-electron chi connectivity index (χ1n) is 8.04. The number of nitrogens with zero attached hydrogens (tertiary/aromatic N) is 4. The second kappa shape index (κ2) is 7.94. The molecule has 2 N–H and O–H groups in total. The first-order chi connectivity index (χ1) is 12.2. The van der Waals surface area contributed by atoms with Gasteiger partial charge in [-0.2, -0.15) is 0 Å². The van der Waals surface area contributed by atoms with Crippen molar-refractivity contribution in [1.82, 2.24) is 19.7 Å². The molecule has 0 aliphatic carbocycles. The fourth-order valence-corrected chi connectivity index (χ4v) is 3.37. The normalized spacial score (nSPS) is 10.8. The van der Waals surface area contributed by atoms with Gasteiger partial charge < -0.3 is 10.3 Å². The first-order valence-corrected chi connectivity index (χ1v) is 9.02. The average molecular weight is 353 g/mol. The summed E-state index contributed by atoms with van der Waals surface area (Å²) < 4.78 is 2.14. The fraction of sp³-hybridized carbons (Fsp3) is 0.222. The maximum Gasteiger partial charge on any atom is 0.248 e. The highest BCUT2D eigenvalue weighted by Crippen LogP contribution is 2.26. The molecule has 0 aliphatic heterocycles. The summed E-state index contributed by atoms with van der Waals surface area (Å²) in [5, 5.41) is 9.59. The zero-order valence-electron chi connectivity index (χ0n) is 13.9. The molecule has 0 unspecified atom stereocenters. The maximum absolute atomic E-state index is 11.1. The number of aromatic nitrogens is 4. The maximum atomic E-state index is 11.1. The van der Waals surface area contributed by atoms with E-state index in [1.807, 2.05) is 24.3 Å². The van der Waals surface area contributed by atoms with Crippen LogP contribution < -0.4 is 5.73 Å². The zero-order chi connectivity index (χ0) is 17.6. The molecule has 0 atom stereocenters. The van der Waals surface area contributed by atoms with E-state index in [1.165, 1.54) is 0 Å². The van der Waals surface area contributed by atoms with Crippen molar-refractivity contribution in [2.24, 2.45) is 5.73 Å². The number of nitrogens with two attached hydrogens (primary N) is 1. The van der Waals surface area contributed by atoms with Crippen LogP contribution in [-0.4, -0.2) is 25.7 Å². The van der Waals surface area contributed by atoms with Crippen molar-refractivity contribution in [2.45, 2.75) is 30.8 Å². The largest absolute Gasteiger partial charge is 0.366 e. The minimum absolute atomic E-state index is 0.413.